The van der Waals surface area contributed by atoms with Crippen molar-refractivity contribution in [1.82, 2.24) is 10.2 Å². The van der Waals surface area contributed by atoms with Crippen molar-refractivity contribution in [2.24, 2.45) is 0 Å². The fourth-order valence-corrected chi connectivity index (χ4v) is 3.49. The Balaban J connectivity index is 1.41. The van der Waals surface area contributed by atoms with E-state index in [0.29, 0.717) is 11.6 Å². The van der Waals surface area contributed by atoms with Crippen molar-refractivity contribution in [2.75, 3.05) is 44.2 Å². The molecule has 0 aromatic heterocycles. The summed E-state index contributed by atoms with van der Waals surface area (Å²) in [7, 11) is 0. The Bertz CT molecular complexity index is 823. The number of hydrogen-bond acceptors (Lipinski definition) is 5. The summed E-state index contributed by atoms with van der Waals surface area (Å²) < 4.78 is 0. The highest BCUT2D eigenvalue weighted by Crippen LogP contribution is 2.22. The van der Waals surface area contributed by atoms with Crippen molar-refractivity contribution < 1.29 is 9.72 Å². The second kappa shape index (κ2) is 9.52. The quantitative estimate of drug-likeness (QED) is 0.437. The molecule has 8 heteroatoms. The first-order chi connectivity index (χ1) is 13.5. The molecule has 0 atom stereocenters. The summed E-state index contributed by atoms with van der Waals surface area (Å²) >= 11 is 5.87. The Morgan fingerprint density at radius 1 is 1.11 bits per heavy atom. The molecule has 7 nitrogen and oxygen atoms in total. The predicted octanol–water partition coefficient (Wildman–Crippen LogP) is 3.19. The van der Waals surface area contributed by atoms with Gasteiger partial charge in [0.1, 0.15) is 5.56 Å². The first-order valence-corrected chi connectivity index (χ1v) is 9.67. The minimum atomic E-state index is -0.572. The molecule has 148 valence electrons. The van der Waals surface area contributed by atoms with Crippen LogP contribution < -0.4 is 10.2 Å². The third kappa shape index (κ3) is 5.21. The van der Waals surface area contributed by atoms with E-state index in [4.69, 9.17) is 11.6 Å². The van der Waals surface area contributed by atoms with E-state index in [1.54, 1.807) is 0 Å². The van der Waals surface area contributed by atoms with Gasteiger partial charge in [0.2, 0.25) is 0 Å². The smallest absolute Gasteiger partial charge is 0.282 e. The number of piperazine rings is 1. The van der Waals surface area contributed by atoms with E-state index in [1.807, 2.05) is 6.07 Å². The molecule has 2 aromatic rings. The summed E-state index contributed by atoms with van der Waals surface area (Å²) in [5.41, 5.74) is 1.01. The number of nitro groups is 1. The van der Waals surface area contributed by atoms with Crippen molar-refractivity contribution in [3.63, 3.8) is 0 Å². The summed E-state index contributed by atoms with van der Waals surface area (Å²) in [6.45, 7) is 5.24. The van der Waals surface area contributed by atoms with Crippen LogP contribution in [0.4, 0.5) is 11.4 Å². The SMILES string of the molecule is O=C(NCCCN1CCN(c2ccccc2)CC1)c1cc(Cl)ccc1[N+](=O)[O-]. The normalized spacial score (nSPS) is 14.7. The van der Waals surface area contributed by atoms with Gasteiger partial charge in [0, 0.05) is 49.5 Å². The minimum absolute atomic E-state index is 0.00558. The fraction of sp³-hybridized carbons (Fsp3) is 0.350. The van der Waals surface area contributed by atoms with Gasteiger partial charge in [-0.3, -0.25) is 19.8 Å². The van der Waals surface area contributed by atoms with E-state index in [0.717, 1.165) is 39.1 Å². The summed E-state index contributed by atoms with van der Waals surface area (Å²) in [6, 6.07) is 14.4. The number of hydrogen-bond donors (Lipinski definition) is 1. The molecule has 3 rings (SSSR count). The molecule has 28 heavy (non-hydrogen) atoms. The molecule has 1 amide bonds. The molecule has 0 spiro atoms. The average molecular weight is 403 g/mol. The van der Waals surface area contributed by atoms with Crippen LogP contribution in [0.15, 0.2) is 48.5 Å². The van der Waals surface area contributed by atoms with Crippen LogP contribution in [0.5, 0.6) is 0 Å². The van der Waals surface area contributed by atoms with Crippen molar-refractivity contribution in [2.45, 2.75) is 6.42 Å². The maximum absolute atomic E-state index is 12.3. The van der Waals surface area contributed by atoms with Gasteiger partial charge in [-0.25, -0.2) is 0 Å². The highest BCUT2D eigenvalue weighted by atomic mass is 35.5. The molecule has 0 aliphatic carbocycles. The Morgan fingerprint density at radius 3 is 2.50 bits per heavy atom. The molecule has 2 aromatic carbocycles. The number of nitrogens with one attached hydrogen (secondary N) is 1. The Hall–Kier alpha value is -2.64. The number of benzene rings is 2. The number of para-hydroxylation sites is 1. The molecule has 0 saturated carbocycles. The topological polar surface area (TPSA) is 78.7 Å². The number of rotatable bonds is 7. The number of halogens is 1. The van der Waals surface area contributed by atoms with E-state index >= 15 is 0 Å². The van der Waals surface area contributed by atoms with Crippen LogP contribution in [0.3, 0.4) is 0 Å². The molecule has 0 unspecified atom stereocenters. The number of amides is 1. The average Bonchev–Trinajstić information content (AvgIpc) is 2.72. The molecular formula is C20H23ClN4O3. The summed E-state index contributed by atoms with van der Waals surface area (Å²) in [4.78, 5) is 27.5. The lowest BCUT2D eigenvalue weighted by atomic mass is 10.1. The zero-order valence-corrected chi connectivity index (χ0v) is 16.3. The van der Waals surface area contributed by atoms with Gasteiger partial charge in [-0.05, 0) is 37.2 Å². The zero-order valence-electron chi connectivity index (χ0n) is 15.5. The van der Waals surface area contributed by atoms with Crippen LogP contribution in [0.25, 0.3) is 0 Å². The van der Waals surface area contributed by atoms with Gasteiger partial charge in [0.05, 0.1) is 4.92 Å². The largest absolute Gasteiger partial charge is 0.369 e. The first-order valence-electron chi connectivity index (χ1n) is 9.29. The maximum Gasteiger partial charge on any atom is 0.282 e. The third-order valence-electron chi connectivity index (χ3n) is 4.83. The van der Waals surface area contributed by atoms with Crippen LogP contribution in [-0.2, 0) is 0 Å². The zero-order chi connectivity index (χ0) is 19.9. The monoisotopic (exact) mass is 402 g/mol. The van der Waals surface area contributed by atoms with Gasteiger partial charge in [-0.15, -0.1) is 0 Å². The van der Waals surface area contributed by atoms with Crippen LogP contribution in [0.2, 0.25) is 5.02 Å². The summed E-state index contributed by atoms with van der Waals surface area (Å²) in [6.07, 6.45) is 0.783. The molecule has 1 fully saturated rings. The lowest BCUT2D eigenvalue weighted by Gasteiger charge is -2.36. The highest BCUT2D eigenvalue weighted by Gasteiger charge is 2.20. The van der Waals surface area contributed by atoms with Gasteiger partial charge in [0.25, 0.3) is 11.6 Å². The van der Waals surface area contributed by atoms with Crippen molar-refractivity contribution in [1.29, 1.82) is 0 Å². The van der Waals surface area contributed by atoms with E-state index in [2.05, 4.69) is 39.4 Å². The van der Waals surface area contributed by atoms with Crippen molar-refractivity contribution >= 4 is 28.9 Å². The van der Waals surface area contributed by atoms with E-state index in [9.17, 15) is 14.9 Å². The number of carbonyl (C=O) groups excluding carboxylic acids is 1. The van der Waals surface area contributed by atoms with Crippen LogP contribution in [0, 0.1) is 10.1 Å². The van der Waals surface area contributed by atoms with Crippen molar-refractivity contribution in [3.05, 3.63) is 69.2 Å². The lowest BCUT2D eigenvalue weighted by molar-refractivity contribution is -0.385. The minimum Gasteiger partial charge on any atom is -0.369 e. The van der Waals surface area contributed by atoms with Gasteiger partial charge in [-0.1, -0.05) is 29.8 Å². The predicted molar refractivity (Wildman–Crippen MR) is 110 cm³/mol. The Morgan fingerprint density at radius 2 is 1.82 bits per heavy atom. The lowest BCUT2D eigenvalue weighted by Crippen LogP contribution is -2.47. The molecule has 1 saturated heterocycles. The van der Waals surface area contributed by atoms with Crippen molar-refractivity contribution in [3.8, 4) is 0 Å². The highest BCUT2D eigenvalue weighted by molar-refractivity contribution is 6.31. The molecule has 1 aliphatic rings. The molecule has 1 N–H and O–H groups in total. The van der Waals surface area contributed by atoms with Crippen LogP contribution in [-0.4, -0.2) is 55.0 Å². The van der Waals surface area contributed by atoms with E-state index in [-0.39, 0.29) is 11.3 Å². The second-order valence-corrected chi connectivity index (χ2v) is 7.13. The van der Waals surface area contributed by atoms with Gasteiger partial charge < -0.3 is 10.2 Å². The second-order valence-electron chi connectivity index (χ2n) is 6.69. The Labute approximate surface area is 169 Å². The summed E-state index contributed by atoms with van der Waals surface area (Å²) in [5, 5.41) is 14.1. The number of anilines is 1. The number of carbonyl (C=O) groups is 1. The first kappa shape index (κ1) is 20.1. The number of nitrogens with zero attached hydrogens (tertiary/aromatic N) is 3. The fourth-order valence-electron chi connectivity index (χ4n) is 3.32. The molecule has 0 bridgehead atoms. The molecule has 1 aliphatic heterocycles. The standard InChI is InChI=1S/C20H23ClN4O3/c21-16-7-8-19(25(27)28)18(15-16)20(26)22-9-4-10-23-11-13-24(14-12-23)17-5-2-1-3-6-17/h1-3,5-8,15H,4,9-14H2,(H,22,26). The molecule has 0 radical (unpaired) electrons. The third-order valence-corrected chi connectivity index (χ3v) is 5.07. The van der Waals surface area contributed by atoms with Gasteiger partial charge in [-0.2, -0.15) is 0 Å². The summed E-state index contributed by atoms with van der Waals surface area (Å²) in [5.74, 6) is -0.469. The van der Waals surface area contributed by atoms with E-state index in [1.165, 1.54) is 23.9 Å². The van der Waals surface area contributed by atoms with Gasteiger partial charge >= 0.3 is 0 Å². The van der Waals surface area contributed by atoms with E-state index < -0.39 is 10.8 Å². The maximum atomic E-state index is 12.3. The van der Waals surface area contributed by atoms with Crippen LogP contribution >= 0.6 is 11.6 Å². The molecule has 1 heterocycles. The van der Waals surface area contributed by atoms with Crippen LogP contribution in [0.1, 0.15) is 16.8 Å². The van der Waals surface area contributed by atoms with Gasteiger partial charge in [0.15, 0.2) is 0 Å². The molecular weight excluding hydrogens is 380 g/mol. The Kier molecular flexibility index (Phi) is 6.84. The number of nitro benzene ring substituents is 1.